The number of carbonyl (C=O) groups excluding carboxylic acids is 2. The van der Waals surface area contributed by atoms with Crippen LogP contribution in [-0.4, -0.2) is 61.5 Å². The van der Waals surface area contributed by atoms with Gasteiger partial charge in [-0.1, -0.05) is 12.1 Å². The van der Waals surface area contributed by atoms with Gasteiger partial charge in [-0.05, 0) is 24.6 Å². The lowest BCUT2D eigenvalue weighted by molar-refractivity contribution is -0.152. The Hall–Kier alpha value is -2.16. The van der Waals surface area contributed by atoms with Crippen LogP contribution in [0.1, 0.15) is 18.5 Å². The third kappa shape index (κ3) is 7.97. The van der Waals surface area contributed by atoms with Gasteiger partial charge in [0.1, 0.15) is 5.82 Å². The highest BCUT2D eigenvalue weighted by Gasteiger charge is 2.32. The van der Waals surface area contributed by atoms with Gasteiger partial charge in [0.2, 0.25) is 11.8 Å². The van der Waals surface area contributed by atoms with Crippen molar-refractivity contribution in [1.29, 1.82) is 0 Å². The van der Waals surface area contributed by atoms with Crippen LogP contribution in [0, 0.1) is 5.82 Å². The lowest BCUT2D eigenvalue weighted by Gasteiger charge is -2.25. The first-order valence-electron chi connectivity index (χ1n) is 7.52. The normalized spacial score (nSPS) is 12.8. The Bertz CT molecular complexity index is 588. The molecule has 1 rings (SSSR count). The molecule has 0 bridgehead atoms. The highest BCUT2D eigenvalue weighted by atomic mass is 19.4. The number of nitrogens with zero attached hydrogens (tertiary/aromatic N) is 2. The molecule has 25 heavy (non-hydrogen) atoms. The summed E-state index contributed by atoms with van der Waals surface area (Å²) in [6.45, 7) is -0.843. The van der Waals surface area contributed by atoms with Crippen molar-refractivity contribution >= 4 is 11.8 Å². The molecule has 0 aliphatic carbocycles. The second kappa shape index (κ2) is 8.80. The molecule has 1 atom stereocenters. The summed E-state index contributed by atoms with van der Waals surface area (Å²) in [6, 6.07) is 4.89. The Morgan fingerprint density at radius 1 is 1.12 bits per heavy atom. The SMILES string of the molecule is C[C@H](NC(=O)CN(CC(=O)N(C)C)CC(F)(F)F)c1ccc(F)cc1. The molecule has 0 saturated carbocycles. The van der Waals surface area contributed by atoms with Crippen molar-refractivity contribution in [3.05, 3.63) is 35.6 Å². The molecule has 5 nitrogen and oxygen atoms in total. The Morgan fingerprint density at radius 2 is 1.68 bits per heavy atom. The molecular weight excluding hydrogens is 342 g/mol. The topological polar surface area (TPSA) is 52.7 Å². The minimum Gasteiger partial charge on any atom is -0.348 e. The van der Waals surface area contributed by atoms with Crippen LogP contribution >= 0.6 is 0 Å². The fourth-order valence-corrected chi connectivity index (χ4v) is 2.08. The first-order valence-corrected chi connectivity index (χ1v) is 7.52. The van der Waals surface area contributed by atoms with Gasteiger partial charge < -0.3 is 10.2 Å². The highest BCUT2D eigenvalue weighted by molar-refractivity contribution is 5.81. The highest BCUT2D eigenvalue weighted by Crippen LogP contribution is 2.17. The van der Waals surface area contributed by atoms with Gasteiger partial charge in [0.05, 0.1) is 25.7 Å². The van der Waals surface area contributed by atoms with E-state index in [1.54, 1.807) is 6.92 Å². The number of nitrogens with one attached hydrogen (secondary N) is 1. The van der Waals surface area contributed by atoms with Crippen LogP contribution < -0.4 is 5.32 Å². The van der Waals surface area contributed by atoms with Crippen LogP contribution in [-0.2, 0) is 9.59 Å². The molecule has 1 aromatic carbocycles. The molecule has 140 valence electrons. The van der Waals surface area contributed by atoms with Crippen LogP contribution in [0.3, 0.4) is 0 Å². The van der Waals surface area contributed by atoms with Gasteiger partial charge in [-0.2, -0.15) is 13.2 Å². The summed E-state index contributed by atoms with van der Waals surface area (Å²) < 4.78 is 50.8. The average Bonchev–Trinajstić information content (AvgIpc) is 2.45. The number of likely N-dealkylation sites (N-methyl/N-ethyl adjacent to an activating group) is 1. The summed E-state index contributed by atoms with van der Waals surface area (Å²) >= 11 is 0. The van der Waals surface area contributed by atoms with E-state index in [9.17, 15) is 27.2 Å². The molecule has 2 amide bonds. The van der Waals surface area contributed by atoms with Gasteiger partial charge in [0, 0.05) is 14.1 Å². The third-order valence-corrected chi connectivity index (χ3v) is 3.38. The van der Waals surface area contributed by atoms with Gasteiger partial charge in [-0.25, -0.2) is 4.39 Å². The number of halogens is 4. The summed E-state index contributed by atoms with van der Waals surface area (Å²) in [5.74, 6) is -1.63. The maximum atomic E-state index is 12.9. The van der Waals surface area contributed by atoms with E-state index in [1.165, 1.54) is 38.4 Å². The average molecular weight is 363 g/mol. The van der Waals surface area contributed by atoms with Crippen molar-refractivity contribution in [2.24, 2.45) is 0 Å². The van der Waals surface area contributed by atoms with E-state index in [0.717, 1.165) is 9.80 Å². The summed E-state index contributed by atoms with van der Waals surface area (Å²) in [4.78, 5) is 25.6. The van der Waals surface area contributed by atoms with E-state index in [-0.39, 0.29) is 0 Å². The molecule has 1 N–H and O–H groups in total. The van der Waals surface area contributed by atoms with Gasteiger partial charge in [0.25, 0.3) is 0 Å². The number of carbonyl (C=O) groups is 2. The van der Waals surface area contributed by atoms with Crippen molar-refractivity contribution in [2.45, 2.75) is 19.1 Å². The lowest BCUT2D eigenvalue weighted by atomic mass is 10.1. The van der Waals surface area contributed by atoms with Crippen molar-refractivity contribution < 1.29 is 27.2 Å². The molecule has 1 aromatic rings. The summed E-state index contributed by atoms with van der Waals surface area (Å²) in [5, 5.41) is 2.54. The van der Waals surface area contributed by atoms with E-state index in [2.05, 4.69) is 5.32 Å². The maximum Gasteiger partial charge on any atom is 0.401 e. The number of alkyl halides is 3. The van der Waals surface area contributed by atoms with Crippen molar-refractivity contribution in [3.8, 4) is 0 Å². The van der Waals surface area contributed by atoms with Gasteiger partial charge in [-0.3, -0.25) is 14.5 Å². The molecule has 0 aromatic heterocycles. The largest absolute Gasteiger partial charge is 0.401 e. The fourth-order valence-electron chi connectivity index (χ4n) is 2.08. The standard InChI is InChI=1S/C16H21F4N3O2/c1-11(12-4-6-13(17)7-5-12)21-14(24)8-23(10-16(18,19)20)9-15(25)22(2)3/h4-7,11H,8-10H2,1-3H3,(H,21,24)/t11-/m0/s1. The first-order chi connectivity index (χ1) is 11.5. The smallest absolute Gasteiger partial charge is 0.348 e. The van der Waals surface area contributed by atoms with E-state index < -0.39 is 49.5 Å². The predicted molar refractivity (Wildman–Crippen MR) is 84.1 cm³/mol. The van der Waals surface area contributed by atoms with Crippen molar-refractivity contribution in [2.75, 3.05) is 33.7 Å². The quantitative estimate of drug-likeness (QED) is 0.754. The number of hydrogen-bond donors (Lipinski definition) is 1. The second-order valence-corrected chi connectivity index (χ2v) is 5.89. The summed E-state index contributed by atoms with van der Waals surface area (Å²) in [6.07, 6.45) is -4.53. The minimum atomic E-state index is -4.53. The molecule has 0 unspecified atom stereocenters. The van der Waals surface area contributed by atoms with Crippen LogP contribution in [0.2, 0.25) is 0 Å². The summed E-state index contributed by atoms with van der Waals surface area (Å²) in [7, 11) is 2.84. The molecular formula is C16H21F4N3O2. The van der Waals surface area contributed by atoms with E-state index in [4.69, 9.17) is 0 Å². The van der Waals surface area contributed by atoms with Crippen molar-refractivity contribution in [1.82, 2.24) is 15.1 Å². The van der Waals surface area contributed by atoms with Crippen molar-refractivity contribution in [3.63, 3.8) is 0 Å². The Balaban J connectivity index is 2.69. The zero-order chi connectivity index (χ0) is 19.2. The van der Waals surface area contributed by atoms with Gasteiger partial charge in [0.15, 0.2) is 0 Å². The predicted octanol–water partition coefficient (Wildman–Crippen LogP) is 1.96. The fraction of sp³-hybridized carbons (Fsp3) is 0.500. The number of benzene rings is 1. The molecule has 0 heterocycles. The molecule has 0 spiro atoms. The van der Waals surface area contributed by atoms with E-state index in [1.807, 2.05) is 0 Å². The third-order valence-electron chi connectivity index (χ3n) is 3.38. The number of amides is 2. The monoisotopic (exact) mass is 363 g/mol. The van der Waals surface area contributed by atoms with Crippen LogP contribution in [0.25, 0.3) is 0 Å². The van der Waals surface area contributed by atoms with Crippen LogP contribution in [0.4, 0.5) is 17.6 Å². The number of rotatable bonds is 7. The van der Waals surface area contributed by atoms with Gasteiger partial charge >= 0.3 is 6.18 Å². The molecule has 0 fully saturated rings. The zero-order valence-corrected chi connectivity index (χ0v) is 14.2. The maximum absolute atomic E-state index is 12.9. The Labute approximate surface area is 143 Å². The first kappa shape index (κ1) is 20.9. The van der Waals surface area contributed by atoms with E-state index in [0.29, 0.717) is 5.56 Å². The molecule has 0 saturated heterocycles. The Morgan fingerprint density at radius 3 is 2.16 bits per heavy atom. The summed E-state index contributed by atoms with van der Waals surface area (Å²) in [5.41, 5.74) is 0.612. The number of hydrogen-bond acceptors (Lipinski definition) is 3. The van der Waals surface area contributed by atoms with Gasteiger partial charge in [-0.15, -0.1) is 0 Å². The second-order valence-electron chi connectivity index (χ2n) is 5.89. The molecule has 0 aliphatic rings. The van der Waals surface area contributed by atoms with E-state index >= 15 is 0 Å². The minimum absolute atomic E-state index is 0.430. The van der Waals surface area contributed by atoms with Crippen LogP contribution in [0.5, 0.6) is 0 Å². The van der Waals surface area contributed by atoms with Crippen LogP contribution in [0.15, 0.2) is 24.3 Å². The molecule has 0 radical (unpaired) electrons. The Kier molecular flexibility index (Phi) is 7.35. The zero-order valence-electron chi connectivity index (χ0n) is 14.2. The molecule has 0 aliphatic heterocycles. The lowest BCUT2D eigenvalue weighted by Crippen LogP contribution is -2.46. The molecule has 9 heteroatoms.